The molecule has 17 heavy (non-hydrogen) atoms. The average Bonchev–Trinajstić information content (AvgIpc) is 2.20. The molecule has 5 nitrogen and oxygen atoms in total. The molecule has 0 unspecified atom stereocenters. The van der Waals surface area contributed by atoms with E-state index < -0.39 is 15.8 Å². The lowest BCUT2D eigenvalue weighted by Crippen LogP contribution is -2.51. The van der Waals surface area contributed by atoms with E-state index in [4.69, 9.17) is 10.8 Å². The Bertz CT molecular complexity index is 526. The van der Waals surface area contributed by atoms with E-state index in [2.05, 4.69) is 0 Å². The van der Waals surface area contributed by atoms with Crippen molar-refractivity contribution in [2.24, 2.45) is 5.92 Å². The summed E-state index contributed by atoms with van der Waals surface area (Å²) in [7, 11) is -3.74. The predicted molar refractivity (Wildman–Crippen MR) is 60.1 cm³/mol. The summed E-state index contributed by atoms with van der Waals surface area (Å²) in [6.07, 6.45) is 0. The van der Waals surface area contributed by atoms with Crippen molar-refractivity contribution >= 4 is 15.7 Å². The molecule has 1 aromatic rings. The lowest BCUT2D eigenvalue weighted by molar-refractivity contribution is 0.117. The number of anilines is 1. The first kappa shape index (κ1) is 12.3. The maximum absolute atomic E-state index is 13.2. The van der Waals surface area contributed by atoms with Crippen molar-refractivity contribution in [2.75, 3.05) is 25.4 Å². The number of para-hydroxylation sites is 1. The van der Waals surface area contributed by atoms with Gasteiger partial charge in [-0.3, -0.25) is 0 Å². The predicted octanol–water partition coefficient (Wildman–Crippen LogP) is 0.0207. The van der Waals surface area contributed by atoms with Gasteiger partial charge in [-0.15, -0.1) is 0 Å². The molecule has 2 rings (SSSR count). The molecule has 0 aliphatic carbocycles. The third-order valence-electron chi connectivity index (χ3n) is 2.81. The fraction of sp³-hybridized carbons (Fsp3) is 0.400. The molecule has 1 fully saturated rings. The summed E-state index contributed by atoms with van der Waals surface area (Å²) in [5, 5.41) is 8.83. The monoisotopic (exact) mass is 260 g/mol. The summed E-state index contributed by atoms with van der Waals surface area (Å²) < 4.78 is 38.5. The molecule has 0 amide bonds. The molecular formula is C10H13FN2O3S. The van der Waals surface area contributed by atoms with E-state index in [0.717, 1.165) is 6.07 Å². The van der Waals surface area contributed by atoms with Crippen LogP contribution in [0.4, 0.5) is 10.1 Å². The molecule has 0 spiro atoms. The zero-order chi connectivity index (χ0) is 12.6. The number of benzene rings is 1. The van der Waals surface area contributed by atoms with Gasteiger partial charge in [0.25, 0.3) is 0 Å². The number of aliphatic hydroxyl groups is 1. The Morgan fingerprint density at radius 3 is 2.71 bits per heavy atom. The maximum atomic E-state index is 13.2. The van der Waals surface area contributed by atoms with Crippen molar-refractivity contribution in [1.82, 2.24) is 4.31 Å². The molecule has 0 aromatic heterocycles. The Hall–Kier alpha value is -1.18. The zero-order valence-corrected chi connectivity index (χ0v) is 9.82. The quantitative estimate of drug-likeness (QED) is 0.750. The number of hydrogen-bond acceptors (Lipinski definition) is 4. The molecule has 0 saturated carbocycles. The summed E-state index contributed by atoms with van der Waals surface area (Å²) in [6.45, 7) is 0.439. The van der Waals surface area contributed by atoms with E-state index in [1.54, 1.807) is 0 Å². The van der Waals surface area contributed by atoms with Crippen LogP contribution in [0.1, 0.15) is 0 Å². The zero-order valence-electron chi connectivity index (χ0n) is 9.01. The number of nitrogens with zero attached hydrogens (tertiary/aromatic N) is 1. The molecule has 1 aromatic carbocycles. The van der Waals surface area contributed by atoms with Crippen LogP contribution in [0.3, 0.4) is 0 Å². The van der Waals surface area contributed by atoms with Gasteiger partial charge in [-0.25, -0.2) is 12.8 Å². The summed E-state index contributed by atoms with van der Waals surface area (Å²) in [4.78, 5) is -0.214. The van der Waals surface area contributed by atoms with Gasteiger partial charge in [0.2, 0.25) is 10.0 Å². The lowest BCUT2D eigenvalue weighted by Gasteiger charge is -2.37. The fourth-order valence-electron chi connectivity index (χ4n) is 1.72. The number of halogens is 1. The van der Waals surface area contributed by atoms with Gasteiger partial charge in [0, 0.05) is 25.6 Å². The second-order valence-electron chi connectivity index (χ2n) is 4.02. The highest BCUT2D eigenvalue weighted by Crippen LogP contribution is 2.29. The first-order chi connectivity index (χ1) is 7.96. The molecule has 94 valence electrons. The molecule has 3 N–H and O–H groups in total. The summed E-state index contributed by atoms with van der Waals surface area (Å²) in [5.74, 6) is -0.787. The van der Waals surface area contributed by atoms with Gasteiger partial charge in [-0.1, -0.05) is 6.07 Å². The van der Waals surface area contributed by atoms with Gasteiger partial charge in [0.05, 0.1) is 5.69 Å². The number of nitrogens with two attached hydrogens (primary N) is 1. The maximum Gasteiger partial charge on any atom is 0.245 e. The van der Waals surface area contributed by atoms with Crippen LogP contribution in [0.25, 0.3) is 0 Å². The van der Waals surface area contributed by atoms with E-state index in [1.165, 1.54) is 16.4 Å². The van der Waals surface area contributed by atoms with Gasteiger partial charge < -0.3 is 10.8 Å². The van der Waals surface area contributed by atoms with E-state index in [9.17, 15) is 12.8 Å². The second kappa shape index (κ2) is 4.25. The highest BCUT2D eigenvalue weighted by molar-refractivity contribution is 7.89. The normalized spacial score (nSPS) is 18.0. The standard InChI is InChI=1S/C10H13FN2O3S/c11-8-2-1-3-9(10(8)12)17(15,16)13-4-7(5-13)6-14/h1-3,7,14H,4-6,12H2. The minimum Gasteiger partial charge on any atom is -0.396 e. The van der Waals surface area contributed by atoms with Crippen molar-refractivity contribution in [3.05, 3.63) is 24.0 Å². The number of aliphatic hydroxyl groups excluding tert-OH is 1. The van der Waals surface area contributed by atoms with Gasteiger partial charge in [0.1, 0.15) is 10.7 Å². The van der Waals surface area contributed by atoms with Crippen LogP contribution in [0.5, 0.6) is 0 Å². The fourth-order valence-corrected chi connectivity index (χ4v) is 3.43. The highest BCUT2D eigenvalue weighted by atomic mass is 32.2. The van der Waals surface area contributed by atoms with Gasteiger partial charge in [0.15, 0.2) is 0 Å². The SMILES string of the molecule is Nc1c(F)cccc1S(=O)(=O)N1CC(CO)C1. The van der Waals surface area contributed by atoms with Crippen molar-refractivity contribution < 1.29 is 17.9 Å². The number of nitrogen functional groups attached to an aromatic ring is 1. The van der Waals surface area contributed by atoms with Gasteiger partial charge in [-0.05, 0) is 12.1 Å². The van der Waals surface area contributed by atoms with Crippen molar-refractivity contribution in [3.8, 4) is 0 Å². The lowest BCUT2D eigenvalue weighted by atomic mass is 10.1. The molecule has 7 heteroatoms. The topological polar surface area (TPSA) is 83.6 Å². The Balaban J connectivity index is 2.30. The Morgan fingerprint density at radius 1 is 1.47 bits per heavy atom. The van der Waals surface area contributed by atoms with Crippen molar-refractivity contribution in [1.29, 1.82) is 0 Å². The Labute approximate surface area is 98.7 Å². The molecule has 1 saturated heterocycles. The number of hydrogen-bond donors (Lipinski definition) is 2. The summed E-state index contributed by atoms with van der Waals surface area (Å²) in [5.41, 5.74) is 5.06. The largest absolute Gasteiger partial charge is 0.396 e. The third kappa shape index (κ3) is 2.01. The van der Waals surface area contributed by atoms with E-state index in [0.29, 0.717) is 0 Å². The highest BCUT2D eigenvalue weighted by Gasteiger charge is 2.37. The smallest absolute Gasteiger partial charge is 0.245 e. The van der Waals surface area contributed by atoms with Crippen LogP contribution in [0.2, 0.25) is 0 Å². The number of sulfonamides is 1. The average molecular weight is 260 g/mol. The van der Waals surface area contributed by atoms with Crippen molar-refractivity contribution in [3.63, 3.8) is 0 Å². The minimum atomic E-state index is -3.74. The minimum absolute atomic E-state index is 0.0421. The van der Waals surface area contributed by atoms with Crippen LogP contribution in [0, 0.1) is 11.7 Å². The first-order valence-electron chi connectivity index (χ1n) is 5.12. The summed E-state index contributed by atoms with van der Waals surface area (Å²) >= 11 is 0. The summed E-state index contributed by atoms with van der Waals surface area (Å²) in [6, 6.07) is 3.70. The molecular weight excluding hydrogens is 247 g/mol. The molecule has 0 radical (unpaired) electrons. The van der Waals surface area contributed by atoms with Gasteiger partial charge in [-0.2, -0.15) is 4.31 Å². The Kier molecular flexibility index (Phi) is 3.07. The molecule has 0 atom stereocenters. The van der Waals surface area contributed by atoms with Crippen LogP contribution < -0.4 is 5.73 Å². The van der Waals surface area contributed by atoms with Crippen LogP contribution >= 0.6 is 0 Å². The molecule has 1 aliphatic heterocycles. The van der Waals surface area contributed by atoms with Gasteiger partial charge >= 0.3 is 0 Å². The van der Waals surface area contributed by atoms with E-state index in [-0.39, 0.29) is 36.2 Å². The van der Waals surface area contributed by atoms with E-state index >= 15 is 0 Å². The molecule has 1 heterocycles. The molecule has 1 aliphatic rings. The molecule has 0 bridgehead atoms. The van der Waals surface area contributed by atoms with Crippen molar-refractivity contribution in [2.45, 2.75) is 4.90 Å². The number of rotatable bonds is 3. The third-order valence-corrected chi connectivity index (χ3v) is 4.70. The Morgan fingerprint density at radius 2 is 2.12 bits per heavy atom. The van der Waals surface area contributed by atoms with E-state index in [1.807, 2.05) is 0 Å². The van der Waals surface area contributed by atoms with Crippen LogP contribution in [-0.2, 0) is 10.0 Å². The second-order valence-corrected chi connectivity index (χ2v) is 5.93. The van der Waals surface area contributed by atoms with Crippen LogP contribution in [0.15, 0.2) is 23.1 Å². The van der Waals surface area contributed by atoms with Crippen LogP contribution in [-0.4, -0.2) is 37.5 Å². The first-order valence-corrected chi connectivity index (χ1v) is 6.56.